The van der Waals surface area contributed by atoms with Crippen molar-refractivity contribution in [2.45, 2.75) is 13.3 Å². The van der Waals surface area contributed by atoms with Gasteiger partial charge in [0.1, 0.15) is 0 Å². The van der Waals surface area contributed by atoms with Crippen molar-refractivity contribution in [3.05, 3.63) is 24.9 Å². The van der Waals surface area contributed by atoms with Crippen molar-refractivity contribution in [3.63, 3.8) is 0 Å². The van der Waals surface area contributed by atoms with Crippen LogP contribution in [0.5, 0.6) is 0 Å². The molecule has 0 aliphatic rings. The van der Waals surface area contributed by atoms with E-state index in [2.05, 4.69) is 11.6 Å². The Kier molecular flexibility index (Phi) is 5.50. The Morgan fingerprint density at radius 3 is 2.88 bits per heavy atom. The number of nitrogens with zero attached hydrogens (tertiary/aromatic N) is 1. The van der Waals surface area contributed by atoms with E-state index in [0.717, 1.165) is 6.42 Å². The Balaban J connectivity index is 3.19. The summed E-state index contributed by atoms with van der Waals surface area (Å²) < 4.78 is 0. The fraction of sp³-hybridized carbons (Fsp3) is 0.286. The molecule has 0 spiro atoms. The number of hydrogen-bond donors (Lipinski definition) is 0. The van der Waals surface area contributed by atoms with E-state index in [1.54, 1.807) is 12.4 Å². The Morgan fingerprint density at radius 2 is 2.38 bits per heavy atom. The van der Waals surface area contributed by atoms with Crippen LogP contribution in [-0.2, 0) is 0 Å². The van der Waals surface area contributed by atoms with Crippen molar-refractivity contribution in [2.24, 2.45) is 4.99 Å². The third kappa shape index (κ3) is 5.15. The van der Waals surface area contributed by atoms with E-state index >= 15 is 0 Å². The highest BCUT2D eigenvalue weighted by Crippen LogP contribution is 1.81. The van der Waals surface area contributed by atoms with Crippen LogP contribution in [0.1, 0.15) is 13.3 Å². The Hall–Kier alpha value is -0.850. The van der Waals surface area contributed by atoms with E-state index in [9.17, 15) is 0 Å². The van der Waals surface area contributed by atoms with Gasteiger partial charge < -0.3 is 0 Å². The van der Waals surface area contributed by atoms with Crippen LogP contribution >= 0.6 is 0 Å². The van der Waals surface area contributed by atoms with Crippen LogP contribution in [0.3, 0.4) is 0 Å². The predicted octanol–water partition coefficient (Wildman–Crippen LogP) is 2.17. The molecule has 0 amide bonds. The molecular formula is C7H11N. The monoisotopic (exact) mass is 109 g/mol. The summed E-state index contributed by atoms with van der Waals surface area (Å²) in [6.07, 6.45) is 8.20. The van der Waals surface area contributed by atoms with E-state index < -0.39 is 0 Å². The van der Waals surface area contributed by atoms with Gasteiger partial charge in [0.05, 0.1) is 0 Å². The van der Waals surface area contributed by atoms with Crippen LogP contribution < -0.4 is 0 Å². The van der Waals surface area contributed by atoms with Crippen molar-refractivity contribution >= 4 is 6.21 Å². The highest BCUT2D eigenvalue weighted by molar-refractivity contribution is 5.54. The van der Waals surface area contributed by atoms with Gasteiger partial charge in [-0.3, -0.25) is 4.99 Å². The Morgan fingerprint density at radius 1 is 1.62 bits per heavy atom. The number of hydrogen-bond acceptors (Lipinski definition) is 1. The topological polar surface area (TPSA) is 12.4 Å². The van der Waals surface area contributed by atoms with Gasteiger partial charge >= 0.3 is 0 Å². The van der Waals surface area contributed by atoms with E-state index in [1.165, 1.54) is 0 Å². The maximum atomic E-state index is 3.86. The molecule has 0 saturated carbocycles. The second-order valence-electron chi connectivity index (χ2n) is 1.32. The molecule has 0 rings (SSSR count). The van der Waals surface area contributed by atoms with E-state index in [1.807, 2.05) is 19.1 Å². The molecule has 0 aromatic carbocycles. The van der Waals surface area contributed by atoms with Gasteiger partial charge in [-0.2, -0.15) is 0 Å². The first-order valence-corrected chi connectivity index (χ1v) is 2.65. The molecule has 0 radical (unpaired) electrons. The summed E-state index contributed by atoms with van der Waals surface area (Å²) in [6, 6.07) is 0. The minimum atomic E-state index is 0.900. The highest BCUT2D eigenvalue weighted by Gasteiger charge is 1.61. The molecule has 0 aliphatic heterocycles. The molecule has 1 nitrogen and oxygen atoms in total. The summed E-state index contributed by atoms with van der Waals surface area (Å²) in [5.41, 5.74) is 0. The van der Waals surface area contributed by atoms with Crippen molar-refractivity contribution in [1.82, 2.24) is 0 Å². The molecule has 0 heterocycles. The first-order valence-electron chi connectivity index (χ1n) is 2.65. The molecule has 0 fully saturated rings. The zero-order chi connectivity index (χ0) is 6.24. The van der Waals surface area contributed by atoms with Gasteiger partial charge in [-0.05, 0) is 13.3 Å². The van der Waals surface area contributed by atoms with Gasteiger partial charge in [-0.25, -0.2) is 0 Å². The number of allylic oxidation sites excluding steroid dienone is 2. The average molecular weight is 109 g/mol. The zero-order valence-corrected chi connectivity index (χ0v) is 5.17. The van der Waals surface area contributed by atoms with E-state index in [4.69, 9.17) is 0 Å². The molecule has 0 aliphatic carbocycles. The van der Waals surface area contributed by atoms with Crippen LogP contribution in [0.25, 0.3) is 0 Å². The van der Waals surface area contributed by atoms with E-state index in [0.29, 0.717) is 0 Å². The van der Waals surface area contributed by atoms with Gasteiger partial charge in [0.15, 0.2) is 0 Å². The van der Waals surface area contributed by atoms with Crippen LogP contribution in [0, 0.1) is 0 Å². The van der Waals surface area contributed by atoms with Gasteiger partial charge in [-0.15, -0.1) is 6.58 Å². The molecule has 44 valence electrons. The smallest absolute Gasteiger partial charge is 0.0226 e. The lowest BCUT2D eigenvalue weighted by molar-refractivity contribution is 1.37. The molecule has 1 heteroatoms. The molecule has 8 heavy (non-hydrogen) atoms. The second-order valence-corrected chi connectivity index (χ2v) is 1.32. The van der Waals surface area contributed by atoms with Crippen molar-refractivity contribution in [1.29, 1.82) is 0 Å². The SMILES string of the molecule is C=CCC=CN=CC. The summed E-state index contributed by atoms with van der Waals surface area (Å²) >= 11 is 0. The largest absolute Gasteiger partial charge is 0.270 e. The van der Waals surface area contributed by atoms with Gasteiger partial charge in [0.25, 0.3) is 0 Å². The number of rotatable bonds is 3. The molecule has 0 atom stereocenters. The lowest BCUT2D eigenvalue weighted by atomic mass is 10.4. The fourth-order valence-electron chi connectivity index (χ4n) is 0.304. The Labute approximate surface area is 50.4 Å². The van der Waals surface area contributed by atoms with Crippen LogP contribution in [0.4, 0.5) is 0 Å². The maximum Gasteiger partial charge on any atom is 0.0226 e. The van der Waals surface area contributed by atoms with E-state index in [-0.39, 0.29) is 0 Å². The lowest BCUT2D eigenvalue weighted by Crippen LogP contribution is -1.55. The summed E-state index contributed by atoms with van der Waals surface area (Å²) in [5.74, 6) is 0. The summed E-state index contributed by atoms with van der Waals surface area (Å²) in [6.45, 7) is 5.44. The standard InChI is InChI=1S/C7H11N/c1-3-5-6-7-8-4-2/h3-4,6-7H,1,5H2,2H3. The average Bonchev–Trinajstić information content (AvgIpc) is 1.81. The molecule has 0 aromatic heterocycles. The summed E-state index contributed by atoms with van der Waals surface area (Å²) in [5, 5.41) is 0. The number of aliphatic imine (C=N–C) groups is 1. The molecular weight excluding hydrogens is 98.1 g/mol. The zero-order valence-electron chi connectivity index (χ0n) is 5.17. The molecule has 0 N–H and O–H groups in total. The lowest BCUT2D eigenvalue weighted by Gasteiger charge is -1.73. The minimum absolute atomic E-state index is 0.900. The van der Waals surface area contributed by atoms with Gasteiger partial charge in [0, 0.05) is 12.4 Å². The summed E-state index contributed by atoms with van der Waals surface area (Å²) in [7, 11) is 0. The first-order chi connectivity index (χ1) is 3.91. The van der Waals surface area contributed by atoms with Crippen molar-refractivity contribution in [3.8, 4) is 0 Å². The van der Waals surface area contributed by atoms with Gasteiger partial charge in [0.2, 0.25) is 0 Å². The summed E-state index contributed by atoms with van der Waals surface area (Å²) in [4.78, 5) is 3.86. The third-order valence-electron chi connectivity index (χ3n) is 0.643. The predicted molar refractivity (Wildman–Crippen MR) is 38.1 cm³/mol. The maximum absolute atomic E-state index is 3.86. The molecule has 0 saturated heterocycles. The second kappa shape index (κ2) is 6.15. The molecule has 0 aromatic rings. The van der Waals surface area contributed by atoms with Crippen LogP contribution in [0.2, 0.25) is 0 Å². The third-order valence-corrected chi connectivity index (χ3v) is 0.643. The fourth-order valence-corrected chi connectivity index (χ4v) is 0.304. The first kappa shape index (κ1) is 7.15. The quantitative estimate of drug-likeness (QED) is 0.389. The minimum Gasteiger partial charge on any atom is -0.270 e. The van der Waals surface area contributed by atoms with Crippen LogP contribution in [-0.4, -0.2) is 6.21 Å². The van der Waals surface area contributed by atoms with Crippen molar-refractivity contribution in [2.75, 3.05) is 0 Å². The Bertz CT molecular complexity index is 101. The normalized spacial score (nSPS) is 11.1. The molecule has 0 unspecified atom stereocenters. The van der Waals surface area contributed by atoms with Crippen molar-refractivity contribution < 1.29 is 0 Å². The molecule has 0 bridgehead atoms. The van der Waals surface area contributed by atoms with Gasteiger partial charge in [-0.1, -0.05) is 12.2 Å². The van der Waals surface area contributed by atoms with Crippen LogP contribution in [0.15, 0.2) is 29.9 Å². The highest BCUT2D eigenvalue weighted by atomic mass is 14.6.